The summed E-state index contributed by atoms with van der Waals surface area (Å²) in [6, 6.07) is 16.1. The van der Waals surface area contributed by atoms with Crippen LogP contribution < -0.4 is 10.0 Å². The van der Waals surface area contributed by atoms with Crippen molar-refractivity contribution in [3.05, 3.63) is 60.7 Å². The molecule has 0 amide bonds. The lowest BCUT2D eigenvalue weighted by molar-refractivity contribution is -0.130. The fourth-order valence-corrected chi connectivity index (χ4v) is 1.82. The van der Waals surface area contributed by atoms with Gasteiger partial charge in [-0.25, -0.2) is 0 Å². The second-order valence-electron chi connectivity index (χ2n) is 3.97. The SMILES string of the molecule is CN(c1ccccc1)N(c1ccccc1)C(F)(F)F. The third-order valence-electron chi connectivity index (χ3n) is 2.67. The van der Waals surface area contributed by atoms with Gasteiger partial charge in [-0.3, -0.25) is 5.01 Å². The average Bonchev–Trinajstić information content (AvgIpc) is 2.39. The Morgan fingerprint density at radius 2 is 1.16 bits per heavy atom. The first-order valence-corrected chi connectivity index (χ1v) is 5.71. The second-order valence-corrected chi connectivity index (χ2v) is 3.97. The van der Waals surface area contributed by atoms with E-state index in [4.69, 9.17) is 0 Å². The molecule has 0 atom stereocenters. The second kappa shape index (κ2) is 5.22. The van der Waals surface area contributed by atoms with E-state index in [0.29, 0.717) is 10.7 Å². The summed E-state index contributed by atoms with van der Waals surface area (Å²) < 4.78 is 39.7. The van der Waals surface area contributed by atoms with Crippen LogP contribution in [0.3, 0.4) is 0 Å². The van der Waals surface area contributed by atoms with Crippen LogP contribution >= 0.6 is 0 Å². The van der Waals surface area contributed by atoms with E-state index in [-0.39, 0.29) is 5.69 Å². The summed E-state index contributed by atoms with van der Waals surface area (Å²) in [6.45, 7) is 0. The molecule has 0 aliphatic rings. The van der Waals surface area contributed by atoms with E-state index in [1.807, 2.05) is 0 Å². The standard InChI is InChI=1S/C14H13F3N2/c1-18(12-8-4-2-5-9-12)19(14(15,16)17)13-10-6-3-7-11-13/h2-11H,1H3. The molecular formula is C14H13F3N2. The van der Waals surface area contributed by atoms with Gasteiger partial charge in [-0.2, -0.15) is 5.01 Å². The number of hydrogen-bond donors (Lipinski definition) is 0. The third kappa shape index (κ3) is 2.99. The molecule has 0 fully saturated rings. The Kier molecular flexibility index (Phi) is 3.64. The largest absolute Gasteiger partial charge is 0.503 e. The first-order chi connectivity index (χ1) is 9.00. The van der Waals surface area contributed by atoms with Crippen LogP contribution in [0.5, 0.6) is 0 Å². The Balaban J connectivity index is 2.40. The van der Waals surface area contributed by atoms with E-state index < -0.39 is 6.30 Å². The van der Waals surface area contributed by atoms with Crippen molar-refractivity contribution in [1.29, 1.82) is 0 Å². The van der Waals surface area contributed by atoms with E-state index in [0.717, 1.165) is 5.01 Å². The highest BCUT2D eigenvalue weighted by molar-refractivity contribution is 5.57. The molecule has 0 aliphatic heterocycles. The lowest BCUT2D eigenvalue weighted by Crippen LogP contribution is -2.49. The van der Waals surface area contributed by atoms with E-state index in [1.54, 1.807) is 48.5 Å². The molecule has 5 heteroatoms. The molecule has 19 heavy (non-hydrogen) atoms. The maximum Gasteiger partial charge on any atom is 0.503 e. The molecule has 0 bridgehead atoms. The van der Waals surface area contributed by atoms with Gasteiger partial charge in [0.2, 0.25) is 0 Å². The van der Waals surface area contributed by atoms with Crippen molar-refractivity contribution in [3.8, 4) is 0 Å². The summed E-state index contributed by atoms with van der Waals surface area (Å²) in [5.74, 6) is 0. The molecule has 2 aromatic rings. The van der Waals surface area contributed by atoms with Gasteiger partial charge in [0.25, 0.3) is 0 Å². The molecule has 2 nitrogen and oxygen atoms in total. The maximum atomic E-state index is 13.2. The minimum absolute atomic E-state index is 0.0707. The van der Waals surface area contributed by atoms with Gasteiger partial charge in [0, 0.05) is 7.05 Å². The molecule has 0 aromatic heterocycles. The molecule has 2 aromatic carbocycles. The average molecular weight is 266 g/mol. The van der Waals surface area contributed by atoms with Gasteiger partial charge in [-0.05, 0) is 24.3 Å². The van der Waals surface area contributed by atoms with E-state index in [2.05, 4.69) is 0 Å². The number of hydrogen-bond acceptors (Lipinski definition) is 2. The Labute approximate surface area is 109 Å². The smallest absolute Gasteiger partial charge is 0.281 e. The first-order valence-electron chi connectivity index (χ1n) is 5.71. The van der Waals surface area contributed by atoms with Crippen LogP contribution in [0.25, 0.3) is 0 Å². The summed E-state index contributed by atoms with van der Waals surface area (Å²) >= 11 is 0. The Morgan fingerprint density at radius 3 is 1.58 bits per heavy atom. The normalized spacial score (nSPS) is 11.2. The lowest BCUT2D eigenvalue weighted by Gasteiger charge is -2.36. The summed E-state index contributed by atoms with van der Waals surface area (Å²) in [5, 5.41) is 1.39. The molecule has 100 valence electrons. The number of halogens is 3. The number of rotatable bonds is 3. The Bertz CT molecular complexity index is 511. The molecule has 0 saturated heterocycles. The summed E-state index contributed by atoms with van der Waals surface area (Å²) in [4.78, 5) is 0. The highest BCUT2D eigenvalue weighted by Gasteiger charge is 2.40. The molecule has 0 aliphatic carbocycles. The third-order valence-corrected chi connectivity index (χ3v) is 2.67. The topological polar surface area (TPSA) is 6.48 Å². The Hall–Kier alpha value is -2.17. The van der Waals surface area contributed by atoms with Crippen LogP contribution in [0.2, 0.25) is 0 Å². The van der Waals surface area contributed by atoms with Crippen LogP contribution in [0.15, 0.2) is 60.7 Å². The van der Waals surface area contributed by atoms with Gasteiger partial charge in [0.15, 0.2) is 0 Å². The quantitative estimate of drug-likeness (QED) is 0.610. The highest BCUT2D eigenvalue weighted by atomic mass is 19.4. The van der Waals surface area contributed by atoms with Crippen molar-refractivity contribution in [3.63, 3.8) is 0 Å². The van der Waals surface area contributed by atoms with Gasteiger partial charge in [0.05, 0.1) is 11.4 Å². The van der Waals surface area contributed by atoms with Crippen molar-refractivity contribution in [2.45, 2.75) is 6.30 Å². The molecule has 0 heterocycles. The number of para-hydroxylation sites is 2. The van der Waals surface area contributed by atoms with E-state index >= 15 is 0 Å². The number of anilines is 2. The zero-order chi connectivity index (χ0) is 13.9. The zero-order valence-electron chi connectivity index (χ0n) is 10.3. The van der Waals surface area contributed by atoms with Gasteiger partial charge >= 0.3 is 6.30 Å². The monoisotopic (exact) mass is 266 g/mol. The van der Waals surface area contributed by atoms with Gasteiger partial charge in [-0.15, -0.1) is 13.2 Å². The number of nitrogens with zero attached hydrogens (tertiary/aromatic N) is 2. The van der Waals surface area contributed by atoms with Crippen LogP contribution in [0.4, 0.5) is 24.5 Å². The predicted molar refractivity (Wildman–Crippen MR) is 69.8 cm³/mol. The van der Waals surface area contributed by atoms with Crippen LogP contribution in [0.1, 0.15) is 0 Å². The van der Waals surface area contributed by atoms with Crippen LogP contribution in [-0.4, -0.2) is 13.3 Å². The van der Waals surface area contributed by atoms with Gasteiger partial charge in [0.1, 0.15) is 0 Å². The van der Waals surface area contributed by atoms with Gasteiger partial charge in [-0.1, -0.05) is 36.4 Å². The van der Waals surface area contributed by atoms with E-state index in [1.165, 1.54) is 19.2 Å². The number of benzene rings is 2. The molecular weight excluding hydrogens is 253 g/mol. The van der Waals surface area contributed by atoms with Gasteiger partial charge < -0.3 is 0 Å². The molecule has 0 saturated carbocycles. The first kappa shape index (κ1) is 13.3. The molecule has 0 unspecified atom stereocenters. The molecule has 0 radical (unpaired) electrons. The molecule has 0 spiro atoms. The molecule has 0 N–H and O–H groups in total. The summed E-state index contributed by atoms with van der Waals surface area (Å²) in [7, 11) is 1.38. The fraction of sp³-hybridized carbons (Fsp3) is 0.143. The minimum atomic E-state index is -4.49. The summed E-state index contributed by atoms with van der Waals surface area (Å²) in [5.41, 5.74) is 0.532. The zero-order valence-corrected chi connectivity index (χ0v) is 10.3. The van der Waals surface area contributed by atoms with Crippen molar-refractivity contribution < 1.29 is 13.2 Å². The number of hydrazine groups is 1. The van der Waals surface area contributed by atoms with Crippen molar-refractivity contribution >= 4 is 11.4 Å². The summed E-state index contributed by atoms with van der Waals surface area (Å²) in [6.07, 6.45) is -4.49. The van der Waals surface area contributed by atoms with Crippen LogP contribution in [0, 0.1) is 0 Å². The number of alkyl halides is 3. The van der Waals surface area contributed by atoms with E-state index in [9.17, 15) is 13.2 Å². The fourth-order valence-electron chi connectivity index (χ4n) is 1.82. The Morgan fingerprint density at radius 1 is 0.737 bits per heavy atom. The van der Waals surface area contributed by atoms with Crippen molar-refractivity contribution in [2.24, 2.45) is 0 Å². The van der Waals surface area contributed by atoms with Crippen LogP contribution in [-0.2, 0) is 0 Å². The van der Waals surface area contributed by atoms with Crippen molar-refractivity contribution in [1.82, 2.24) is 0 Å². The lowest BCUT2D eigenvalue weighted by atomic mass is 10.3. The molecule has 2 rings (SSSR count). The predicted octanol–water partition coefficient (Wildman–Crippen LogP) is 4.06. The highest BCUT2D eigenvalue weighted by Crippen LogP contribution is 2.31. The maximum absolute atomic E-state index is 13.2. The minimum Gasteiger partial charge on any atom is -0.281 e. The van der Waals surface area contributed by atoms with Crippen molar-refractivity contribution in [2.75, 3.05) is 17.1 Å².